The quantitative estimate of drug-likeness (QED) is 0.928. The lowest BCUT2D eigenvalue weighted by Gasteiger charge is -2.34. The lowest BCUT2D eigenvalue weighted by Crippen LogP contribution is -2.54. The van der Waals surface area contributed by atoms with Gasteiger partial charge in [0.2, 0.25) is 0 Å². The van der Waals surface area contributed by atoms with Crippen LogP contribution in [-0.2, 0) is 4.79 Å². The fraction of sp³-hybridized carbons (Fsp3) is 0.562. The van der Waals surface area contributed by atoms with E-state index in [1.54, 1.807) is 0 Å². The monoisotopic (exact) mass is 312 g/mol. The van der Waals surface area contributed by atoms with E-state index in [2.05, 4.69) is 12.2 Å². The van der Waals surface area contributed by atoms with Crippen molar-refractivity contribution >= 4 is 18.3 Å². The highest BCUT2D eigenvalue weighted by Crippen LogP contribution is 2.17. The molecular formula is C16H25ClN2O2. The van der Waals surface area contributed by atoms with Crippen molar-refractivity contribution in [1.29, 1.82) is 0 Å². The Balaban J connectivity index is 0.00000220. The first-order valence-corrected chi connectivity index (χ1v) is 7.35. The molecule has 2 rings (SSSR count). The van der Waals surface area contributed by atoms with E-state index < -0.39 is 0 Å². The summed E-state index contributed by atoms with van der Waals surface area (Å²) in [6.07, 6.45) is 0.299. The minimum Gasteiger partial charge on any atom is -0.481 e. The zero-order chi connectivity index (χ0) is 14.5. The van der Waals surface area contributed by atoms with Crippen molar-refractivity contribution in [2.75, 3.05) is 19.6 Å². The Morgan fingerprint density at radius 1 is 1.52 bits per heavy atom. The molecule has 0 radical (unpaired) electrons. The summed E-state index contributed by atoms with van der Waals surface area (Å²) in [4.78, 5) is 14.4. The third-order valence-corrected chi connectivity index (χ3v) is 3.59. The molecule has 0 spiro atoms. The van der Waals surface area contributed by atoms with E-state index >= 15 is 0 Å². The molecule has 1 aliphatic heterocycles. The van der Waals surface area contributed by atoms with Crippen molar-refractivity contribution in [2.24, 2.45) is 0 Å². The topological polar surface area (TPSA) is 41.6 Å². The fourth-order valence-corrected chi connectivity index (χ4v) is 2.50. The first kappa shape index (κ1) is 17.8. The highest BCUT2D eigenvalue weighted by molar-refractivity contribution is 5.85. The van der Waals surface area contributed by atoms with Gasteiger partial charge in [0.1, 0.15) is 5.75 Å². The predicted molar refractivity (Wildman–Crippen MR) is 87.2 cm³/mol. The highest BCUT2D eigenvalue weighted by atomic mass is 35.5. The summed E-state index contributed by atoms with van der Waals surface area (Å²) in [5, 5.41) is 3.35. The maximum atomic E-state index is 12.5. The Morgan fingerprint density at radius 2 is 2.29 bits per heavy atom. The average molecular weight is 313 g/mol. The molecule has 2 unspecified atom stereocenters. The van der Waals surface area contributed by atoms with E-state index in [9.17, 15) is 4.79 Å². The van der Waals surface area contributed by atoms with Crippen LogP contribution in [0.1, 0.15) is 25.8 Å². The van der Waals surface area contributed by atoms with Gasteiger partial charge in [0.05, 0.1) is 0 Å². The number of carbonyl (C=O) groups excluding carboxylic acids is 1. The van der Waals surface area contributed by atoms with Crippen molar-refractivity contribution in [3.63, 3.8) is 0 Å². The second kappa shape index (κ2) is 8.25. The SMILES string of the molecule is CCC(Oc1cccc(C)c1)C(=O)N1CCNC(C)C1.Cl. The van der Waals surface area contributed by atoms with E-state index in [0.717, 1.165) is 30.9 Å². The molecule has 0 aromatic heterocycles. The standard InChI is InChI=1S/C16H24N2O2.ClH/c1-4-15(20-14-7-5-6-12(2)10-14)16(19)18-9-8-17-13(3)11-18;/h5-7,10,13,15,17H,4,8-9,11H2,1-3H3;1H. The number of nitrogens with one attached hydrogen (secondary N) is 1. The molecule has 1 saturated heterocycles. The Morgan fingerprint density at radius 3 is 2.90 bits per heavy atom. The van der Waals surface area contributed by atoms with Crippen molar-refractivity contribution in [3.05, 3.63) is 29.8 Å². The van der Waals surface area contributed by atoms with Gasteiger partial charge in [-0.3, -0.25) is 4.79 Å². The van der Waals surface area contributed by atoms with Crippen molar-refractivity contribution in [1.82, 2.24) is 10.2 Å². The van der Waals surface area contributed by atoms with Crippen LogP contribution in [-0.4, -0.2) is 42.6 Å². The summed E-state index contributed by atoms with van der Waals surface area (Å²) in [6.45, 7) is 8.48. The molecule has 4 nitrogen and oxygen atoms in total. The Labute approximate surface area is 133 Å². The summed E-state index contributed by atoms with van der Waals surface area (Å²) in [7, 11) is 0. The highest BCUT2D eigenvalue weighted by Gasteiger charge is 2.27. The minimum atomic E-state index is -0.387. The Hall–Kier alpha value is -1.26. The van der Waals surface area contributed by atoms with E-state index in [4.69, 9.17) is 4.74 Å². The van der Waals surface area contributed by atoms with Crippen LogP contribution < -0.4 is 10.1 Å². The maximum Gasteiger partial charge on any atom is 0.263 e. The Kier molecular flexibility index (Phi) is 6.99. The van der Waals surface area contributed by atoms with Gasteiger partial charge in [-0.1, -0.05) is 19.1 Å². The molecule has 1 N–H and O–H groups in total. The van der Waals surface area contributed by atoms with E-state index in [1.807, 2.05) is 43.0 Å². The van der Waals surface area contributed by atoms with E-state index in [0.29, 0.717) is 12.5 Å². The molecule has 118 valence electrons. The number of benzene rings is 1. The van der Waals surface area contributed by atoms with Crippen LogP contribution in [0.25, 0.3) is 0 Å². The smallest absolute Gasteiger partial charge is 0.263 e. The molecule has 0 saturated carbocycles. The molecule has 1 aliphatic rings. The van der Waals surface area contributed by atoms with Crippen LogP contribution in [0.15, 0.2) is 24.3 Å². The third kappa shape index (κ3) is 4.90. The molecule has 21 heavy (non-hydrogen) atoms. The number of halogens is 1. The van der Waals surface area contributed by atoms with Crippen molar-refractivity contribution in [2.45, 2.75) is 39.3 Å². The van der Waals surface area contributed by atoms with Gasteiger partial charge >= 0.3 is 0 Å². The summed E-state index contributed by atoms with van der Waals surface area (Å²) in [5.74, 6) is 0.871. The number of nitrogens with zero attached hydrogens (tertiary/aromatic N) is 1. The summed E-state index contributed by atoms with van der Waals surface area (Å²) in [6, 6.07) is 8.20. The van der Waals surface area contributed by atoms with Crippen LogP contribution in [0, 0.1) is 6.92 Å². The molecular weight excluding hydrogens is 288 g/mol. The van der Waals surface area contributed by atoms with Crippen LogP contribution in [0.4, 0.5) is 0 Å². The second-order valence-electron chi connectivity index (χ2n) is 5.47. The number of hydrogen-bond donors (Lipinski definition) is 1. The fourth-order valence-electron chi connectivity index (χ4n) is 2.50. The predicted octanol–water partition coefficient (Wildman–Crippen LogP) is 2.39. The van der Waals surface area contributed by atoms with Gasteiger partial charge in [0, 0.05) is 25.7 Å². The number of rotatable bonds is 4. The van der Waals surface area contributed by atoms with Gasteiger partial charge in [-0.05, 0) is 38.0 Å². The van der Waals surface area contributed by atoms with Gasteiger partial charge in [-0.15, -0.1) is 12.4 Å². The van der Waals surface area contributed by atoms with E-state index in [1.165, 1.54) is 0 Å². The Bertz CT molecular complexity index is 467. The minimum absolute atomic E-state index is 0. The second-order valence-corrected chi connectivity index (χ2v) is 5.47. The zero-order valence-electron chi connectivity index (χ0n) is 13.0. The van der Waals surface area contributed by atoms with Gasteiger partial charge in [0.25, 0.3) is 5.91 Å². The normalized spacial score (nSPS) is 19.6. The molecule has 5 heteroatoms. The number of carbonyl (C=O) groups is 1. The summed E-state index contributed by atoms with van der Waals surface area (Å²) in [5.41, 5.74) is 1.14. The lowest BCUT2D eigenvalue weighted by molar-refractivity contribution is -0.140. The van der Waals surface area contributed by atoms with Gasteiger partial charge in [0.15, 0.2) is 6.10 Å². The van der Waals surface area contributed by atoms with Crippen LogP contribution in [0.2, 0.25) is 0 Å². The van der Waals surface area contributed by atoms with Gasteiger partial charge in [-0.25, -0.2) is 0 Å². The molecule has 1 amide bonds. The van der Waals surface area contributed by atoms with Gasteiger partial charge in [-0.2, -0.15) is 0 Å². The molecule has 0 aliphatic carbocycles. The van der Waals surface area contributed by atoms with Crippen LogP contribution in [0.5, 0.6) is 5.75 Å². The summed E-state index contributed by atoms with van der Waals surface area (Å²) >= 11 is 0. The van der Waals surface area contributed by atoms with Crippen molar-refractivity contribution < 1.29 is 9.53 Å². The van der Waals surface area contributed by atoms with Crippen molar-refractivity contribution in [3.8, 4) is 5.75 Å². The first-order valence-electron chi connectivity index (χ1n) is 7.35. The molecule has 2 atom stereocenters. The molecule has 1 aromatic rings. The zero-order valence-corrected chi connectivity index (χ0v) is 13.8. The van der Waals surface area contributed by atoms with E-state index in [-0.39, 0.29) is 24.4 Å². The van der Waals surface area contributed by atoms with Crippen LogP contribution >= 0.6 is 12.4 Å². The number of hydrogen-bond acceptors (Lipinski definition) is 3. The third-order valence-electron chi connectivity index (χ3n) is 3.59. The maximum absolute atomic E-state index is 12.5. The number of aryl methyl sites for hydroxylation is 1. The summed E-state index contributed by atoms with van der Waals surface area (Å²) < 4.78 is 5.88. The number of ether oxygens (including phenoxy) is 1. The molecule has 0 bridgehead atoms. The molecule has 1 heterocycles. The molecule has 1 aromatic carbocycles. The lowest BCUT2D eigenvalue weighted by atomic mass is 10.1. The number of amides is 1. The van der Waals surface area contributed by atoms with Gasteiger partial charge < -0.3 is 15.0 Å². The largest absolute Gasteiger partial charge is 0.481 e. The van der Waals surface area contributed by atoms with Crippen LogP contribution in [0.3, 0.4) is 0 Å². The average Bonchev–Trinajstić information content (AvgIpc) is 2.44. The first-order chi connectivity index (χ1) is 9.60. The number of piperazine rings is 1. The molecule has 1 fully saturated rings.